The van der Waals surface area contributed by atoms with E-state index < -0.39 is 6.10 Å². The van der Waals surface area contributed by atoms with Gasteiger partial charge in [0.2, 0.25) is 0 Å². The molecule has 0 aliphatic rings. The van der Waals surface area contributed by atoms with E-state index >= 15 is 0 Å². The van der Waals surface area contributed by atoms with Gasteiger partial charge in [-0.3, -0.25) is 0 Å². The third-order valence-electron chi connectivity index (χ3n) is 3.98. The first-order valence-corrected chi connectivity index (χ1v) is 9.21. The highest BCUT2D eigenvalue weighted by Crippen LogP contribution is 2.15. The first kappa shape index (κ1) is 20.3. The van der Waals surface area contributed by atoms with Gasteiger partial charge in [-0.1, -0.05) is 84.0 Å². The summed E-state index contributed by atoms with van der Waals surface area (Å²) in [6.45, 7) is 2.09. The van der Waals surface area contributed by atoms with Gasteiger partial charge in [0.1, 0.15) is 0 Å². The lowest BCUT2D eigenvalue weighted by Gasteiger charge is -2.15. The molecule has 0 heterocycles. The molecule has 0 aromatic rings. The van der Waals surface area contributed by atoms with E-state index in [-0.39, 0.29) is 11.9 Å². The molecule has 0 saturated carbocycles. The molecule has 0 fully saturated rings. The first-order chi connectivity index (χ1) is 9.72. The van der Waals surface area contributed by atoms with Crippen molar-refractivity contribution in [3.8, 4) is 0 Å². The fraction of sp³-hybridized carbons (Fsp3) is 1.00. The lowest BCUT2D eigenvalue weighted by atomic mass is 10.0. The van der Waals surface area contributed by atoms with Crippen LogP contribution in [0.1, 0.15) is 90.4 Å². The number of thiol groups is 1. The molecule has 2 unspecified atom stereocenters. The van der Waals surface area contributed by atoms with E-state index in [1.54, 1.807) is 0 Å². The van der Waals surface area contributed by atoms with Gasteiger partial charge in [0.25, 0.3) is 0 Å². The van der Waals surface area contributed by atoms with E-state index in [1.165, 1.54) is 70.6 Å². The van der Waals surface area contributed by atoms with Crippen molar-refractivity contribution in [1.29, 1.82) is 0 Å². The van der Waals surface area contributed by atoms with Gasteiger partial charge < -0.3 is 10.2 Å². The Labute approximate surface area is 131 Å². The van der Waals surface area contributed by atoms with Crippen LogP contribution in [0, 0.1) is 0 Å². The zero-order valence-corrected chi connectivity index (χ0v) is 14.3. The first-order valence-electron chi connectivity index (χ1n) is 8.69. The molecule has 20 heavy (non-hydrogen) atoms. The SMILES string of the molecule is CCCCCCCCCCCCCCC(S)C(O)CO. The van der Waals surface area contributed by atoms with Crippen molar-refractivity contribution in [2.75, 3.05) is 6.61 Å². The molecule has 2 nitrogen and oxygen atoms in total. The molecule has 0 aliphatic carbocycles. The molecule has 0 amide bonds. The minimum absolute atomic E-state index is 0.0666. The van der Waals surface area contributed by atoms with Crippen LogP contribution in [-0.4, -0.2) is 28.2 Å². The molecule has 2 N–H and O–H groups in total. The molecule has 0 aliphatic heterocycles. The summed E-state index contributed by atoms with van der Waals surface area (Å²) in [5, 5.41) is 18.1. The quantitative estimate of drug-likeness (QED) is 0.302. The van der Waals surface area contributed by atoms with E-state index in [0.717, 1.165) is 12.8 Å². The molecule has 0 spiro atoms. The van der Waals surface area contributed by atoms with Gasteiger partial charge in [-0.05, 0) is 6.42 Å². The maximum atomic E-state index is 9.38. The Balaban J connectivity index is 3.10. The van der Waals surface area contributed by atoms with Crippen molar-refractivity contribution in [3.05, 3.63) is 0 Å². The van der Waals surface area contributed by atoms with Gasteiger partial charge in [-0.2, -0.15) is 12.6 Å². The maximum absolute atomic E-state index is 9.38. The molecule has 3 heteroatoms. The molecule has 0 radical (unpaired) electrons. The third kappa shape index (κ3) is 13.3. The molecule has 122 valence electrons. The van der Waals surface area contributed by atoms with Crippen LogP contribution in [0.2, 0.25) is 0 Å². The Morgan fingerprint density at radius 1 is 0.750 bits per heavy atom. The van der Waals surface area contributed by atoms with Crippen molar-refractivity contribution in [1.82, 2.24) is 0 Å². The third-order valence-corrected chi connectivity index (χ3v) is 4.59. The summed E-state index contributed by atoms with van der Waals surface area (Å²) in [6, 6.07) is 0. The van der Waals surface area contributed by atoms with Crippen LogP contribution < -0.4 is 0 Å². The molecule has 0 rings (SSSR count). The average Bonchev–Trinajstić information content (AvgIpc) is 2.47. The van der Waals surface area contributed by atoms with Crippen molar-refractivity contribution in [2.24, 2.45) is 0 Å². The highest BCUT2D eigenvalue weighted by Gasteiger charge is 2.12. The standard InChI is InChI=1S/C17H36O2S/c1-2-3-4-5-6-7-8-9-10-11-12-13-14-17(20)16(19)15-18/h16-20H,2-15H2,1H3. The summed E-state index contributed by atoms with van der Waals surface area (Å²) < 4.78 is 0. The van der Waals surface area contributed by atoms with Crippen molar-refractivity contribution in [2.45, 2.75) is 102 Å². The summed E-state index contributed by atoms with van der Waals surface area (Å²) in [4.78, 5) is 0. The molecule has 0 aromatic heterocycles. The topological polar surface area (TPSA) is 40.5 Å². The summed E-state index contributed by atoms with van der Waals surface area (Å²) >= 11 is 4.30. The van der Waals surface area contributed by atoms with Crippen LogP contribution in [0.15, 0.2) is 0 Å². The number of aliphatic hydroxyl groups excluding tert-OH is 2. The molecular formula is C17H36O2S. The maximum Gasteiger partial charge on any atom is 0.0886 e. The Kier molecular flexibility index (Phi) is 15.9. The highest BCUT2D eigenvalue weighted by atomic mass is 32.1. The Bertz CT molecular complexity index is 188. The molecule has 2 atom stereocenters. The van der Waals surface area contributed by atoms with Crippen LogP contribution >= 0.6 is 12.6 Å². The molecule has 0 bridgehead atoms. The summed E-state index contributed by atoms with van der Waals surface area (Å²) in [5.41, 5.74) is 0. The summed E-state index contributed by atoms with van der Waals surface area (Å²) in [7, 11) is 0. The van der Waals surface area contributed by atoms with E-state index in [0.29, 0.717) is 0 Å². The number of aliphatic hydroxyl groups is 2. The summed E-state index contributed by atoms with van der Waals surface area (Å²) in [5.74, 6) is 0. The van der Waals surface area contributed by atoms with Gasteiger partial charge in [0.05, 0.1) is 12.7 Å². The zero-order valence-electron chi connectivity index (χ0n) is 13.4. The van der Waals surface area contributed by atoms with Gasteiger partial charge in [0.15, 0.2) is 0 Å². The predicted molar refractivity (Wildman–Crippen MR) is 91.6 cm³/mol. The Morgan fingerprint density at radius 3 is 1.55 bits per heavy atom. The largest absolute Gasteiger partial charge is 0.394 e. The monoisotopic (exact) mass is 304 g/mol. The van der Waals surface area contributed by atoms with Crippen molar-refractivity contribution in [3.63, 3.8) is 0 Å². The Morgan fingerprint density at radius 2 is 1.15 bits per heavy atom. The second-order valence-electron chi connectivity index (χ2n) is 6.00. The average molecular weight is 305 g/mol. The van der Waals surface area contributed by atoms with Crippen molar-refractivity contribution < 1.29 is 10.2 Å². The minimum atomic E-state index is -0.661. The number of rotatable bonds is 15. The normalized spacial score (nSPS) is 14.4. The highest BCUT2D eigenvalue weighted by molar-refractivity contribution is 7.81. The smallest absolute Gasteiger partial charge is 0.0886 e. The predicted octanol–water partition coefficient (Wildman–Crippen LogP) is 4.73. The van der Waals surface area contributed by atoms with Gasteiger partial charge >= 0.3 is 0 Å². The number of hydrogen-bond acceptors (Lipinski definition) is 3. The zero-order chi connectivity index (χ0) is 15.1. The number of hydrogen-bond donors (Lipinski definition) is 3. The lowest BCUT2D eigenvalue weighted by Crippen LogP contribution is -2.24. The van der Waals surface area contributed by atoms with Gasteiger partial charge in [0, 0.05) is 5.25 Å². The van der Waals surface area contributed by atoms with Crippen LogP contribution in [0.4, 0.5) is 0 Å². The fourth-order valence-corrected chi connectivity index (χ4v) is 2.79. The van der Waals surface area contributed by atoms with Crippen LogP contribution in [0.3, 0.4) is 0 Å². The van der Waals surface area contributed by atoms with E-state index in [1.807, 2.05) is 0 Å². The molecule has 0 aromatic carbocycles. The van der Waals surface area contributed by atoms with E-state index in [9.17, 15) is 5.11 Å². The minimum Gasteiger partial charge on any atom is -0.394 e. The lowest BCUT2D eigenvalue weighted by molar-refractivity contribution is 0.0912. The summed E-state index contributed by atoms with van der Waals surface area (Å²) in [6.07, 6.45) is 16.4. The van der Waals surface area contributed by atoms with Gasteiger partial charge in [-0.15, -0.1) is 0 Å². The van der Waals surface area contributed by atoms with Crippen LogP contribution in [0.25, 0.3) is 0 Å². The van der Waals surface area contributed by atoms with Gasteiger partial charge in [-0.25, -0.2) is 0 Å². The molecular weight excluding hydrogens is 268 g/mol. The fourth-order valence-electron chi connectivity index (χ4n) is 2.51. The van der Waals surface area contributed by atoms with E-state index in [2.05, 4.69) is 19.6 Å². The second kappa shape index (κ2) is 15.7. The van der Waals surface area contributed by atoms with E-state index in [4.69, 9.17) is 5.11 Å². The van der Waals surface area contributed by atoms with Crippen LogP contribution in [-0.2, 0) is 0 Å². The van der Waals surface area contributed by atoms with Crippen LogP contribution in [0.5, 0.6) is 0 Å². The Hall–Kier alpha value is 0.270. The molecule has 0 saturated heterocycles. The second-order valence-corrected chi connectivity index (χ2v) is 6.66. The van der Waals surface area contributed by atoms with Crippen molar-refractivity contribution >= 4 is 12.6 Å². The number of unbranched alkanes of at least 4 members (excludes halogenated alkanes) is 11.